The fourth-order valence-electron chi connectivity index (χ4n) is 14.5. The van der Waals surface area contributed by atoms with E-state index in [4.69, 9.17) is 20.6 Å². The van der Waals surface area contributed by atoms with Crippen molar-refractivity contribution in [1.82, 2.24) is 0 Å². The second-order valence-electron chi connectivity index (χ2n) is 30.8. The number of hydrogen-bond donors (Lipinski definition) is 0. The Morgan fingerprint density at radius 3 is 0.922 bits per heavy atom. The van der Waals surface area contributed by atoms with Gasteiger partial charge in [-0.25, -0.2) is 18.3 Å². The van der Waals surface area contributed by atoms with Crippen molar-refractivity contribution >= 4 is 0 Å². The van der Waals surface area contributed by atoms with Crippen molar-refractivity contribution in [2.24, 2.45) is 49.3 Å². The van der Waals surface area contributed by atoms with Crippen molar-refractivity contribution in [3.05, 3.63) is 371 Å². The molecule has 7 heteroatoms. The van der Waals surface area contributed by atoms with E-state index >= 15 is 0 Å². The van der Waals surface area contributed by atoms with Crippen LogP contribution in [0.2, 0.25) is 0 Å². The Labute approximate surface area is 714 Å². The lowest BCUT2D eigenvalue weighted by Gasteiger charge is -2.10. The molecule has 0 spiro atoms. The van der Waals surface area contributed by atoms with Crippen molar-refractivity contribution in [1.29, 1.82) is 0 Å². The molecule has 0 radical (unpaired) electrons. The topological polar surface area (TPSA) is 27.2 Å². The van der Waals surface area contributed by atoms with Gasteiger partial charge in [0.2, 0.25) is 39.9 Å². The Bertz CT molecular complexity index is 6330. The van der Waals surface area contributed by atoms with E-state index in [0.717, 1.165) is 55.9 Å². The zero-order chi connectivity index (χ0) is 97.1. The van der Waals surface area contributed by atoms with Crippen LogP contribution in [-0.2, 0) is 49.3 Å². The third-order valence-corrected chi connectivity index (χ3v) is 22.7. The summed E-state index contributed by atoms with van der Waals surface area (Å²) in [4.78, 5) is 0. The van der Waals surface area contributed by atoms with E-state index in [1.165, 1.54) is 133 Å². The molecule has 7 aromatic carbocycles. The molecule has 0 N–H and O–H groups in total. The molecule has 592 valence electrons. The van der Waals surface area contributed by atoms with Crippen molar-refractivity contribution in [2.45, 2.75) is 166 Å². The molecule has 0 saturated carbocycles. The van der Waals surface area contributed by atoms with Crippen LogP contribution in [0.15, 0.2) is 237 Å². The van der Waals surface area contributed by atoms with Crippen LogP contribution in [0.4, 0.5) is 0 Å². The third-order valence-electron chi connectivity index (χ3n) is 22.7. The first kappa shape index (κ1) is 69.1. The van der Waals surface area contributed by atoms with Gasteiger partial charge in [-0.1, -0.05) is 90.0 Å². The first-order chi connectivity index (χ1) is 60.5. The highest BCUT2D eigenvalue weighted by atomic mass is 15.0. The standard InChI is InChI=1S/3C16H20N.4C15H18N/c2*1-11-8-6-7-9-15(11)16-10-12(2)13(3)14(4)17(16)5;1-11-8-6-7-9-15(11)16-13(3)10-12(2)14(4)17(16)5;2*1-11-8-9-14(13(3)12(11)2)15-7-5-6-10-16(15)4;2*1-11-9-12(2)13(3)14(10-11)15-7-5-6-8-16(15)4/h3*6-10H,1-5H3;4*5-10H,1-4H3/q7*+1/i3D3,4D3;;2D3,4D3;1D3;;;. The molecule has 0 bridgehead atoms. The summed E-state index contributed by atoms with van der Waals surface area (Å²) < 4.78 is 129. The Morgan fingerprint density at radius 2 is 0.539 bits per heavy atom. The number of pyridine rings is 7. The lowest BCUT2D eigenvalue weighted by atomic mass is 9.96. The molecule has 7 heterocycles. The van der Waals surface area contributed by atoms with Crippen LogP contribution in [-0.4, -0.2) is 0 Å². The van der Waals surface area contributed by atoms with Crippen molar-refractivity contribution in [3.63, 3.8) is 0 Å². The first-order valence-corrected chi connectivity index (χ1v) is 39.4. The molecule has 0 saturated heterocycles. The Hall–Kier alpha value is -11.4. The number of aromatic nitrogens is 7. The summed E-state index contributed by atoms with van der Waals surface area (Å²) in [6, 6.07) is 71.3. The lowest BCUT2D eigenvalue weighted by molar-refractivity contribution is -0.667. The third kappa shape index (κ3) is 21.5. The van der Waals surface area contributed by atoms with Gasteiger partial charge in [0.1, 0.15) is 49.3 Å². The predicted molar refractivity (Wildman–Crippen MR) is 485 cm³/mol. The molecule has 115 heavy (non-hydrogen) atoms. The monoisotopic (exact) mass is 1540 g/mol. The van der Waals surface area contributed by atoms with Crippen LogP contribution in [0.1, 0.15) is 154 Å². The van der Waals surface area contributed by atoms with Crippen LogP contribution in [0.5, 0.6) is 0 Å². The Morgan fingerprint density at radius 1 is 0.191 bits per heavy atom. The van der Waals surface area contributed by atoms with E-state index in [2.05, 4.69) is 276 Å². The molecule has 14 aromatic rings. The Kier molecular flexibility index (Phi) is 24.1. The fraction of sp³-hybridized carbons (Fsp3) is 0.287. The van der Waals surface area contributed by atoms with Gasteiger partial charge in [-0.3, -0.25) is 0 Å². The lowest BCUT2D eigenvalue weighted by Crippen LogP contribution is -2.36. The average molecular weight is 1540 g/mol. The average Bonchev–Trinajstić information content (AvgIpc) is 0.748. The van der Waals surface area contributed by atoms with E-state index in [1.54, 1.807) is 40.1 Å². The van der Waals surface area contributed by atoms with Crippen molar-refractivity contribution in [2.75, 3.05) is 0 Å². The zero-order valence-corrected chi connectivity index (χ0v) is 73.1. The minimum absolute atomic E-state index is 0.0858. The molecule has 14 rings (SSSR count). The van der Waals surface area contributed by atoms with Gasteiger partial charge in [0.05, 0.1) is 0 Å². The van der Waals surface area contributed by atoms with Gasteiger partial charge >= 0.3 is 0 Å². The molecule has 0 aliphatic rings. The van der Waals surface area contributed by atoms with Crippen LogP contribution >= 0.6 is 0 Å². The molecule has 7 aromatic heterocycles. The molecule has 7 nitrogen and oxygen atoms in total. The van der Waals surface area contributed by atoms with Crippen LogP contribution < -0.4 is 32.0 Å². The van der Waals surface area contributed by atoms with Gasteiger partial charge in [0.25, 0.3) is 0 Å². The summed E-state index contributed by atoms with van der Waals surface area (Å²) in [6.07, 6.45) is 8.25. The maximum Gasteiger partial charge on any atom is 0.215 e. The molecule has 0 atom stereocenters. The normalized spacial score (nSPS) is 13.0. The van der Waals surface area contributed by atoms with Crippen molar-refractivity contribution < 1.29 is 52.5 Å². The highest BCUT2D eigenvalue weighted by Gasteiger charge is 2.23. The minimum Gasteiger partial charge on any atom is -0.201 e. The maximum atomic E-state index is 7.81. The van der Waals surface area contributed by atoms with Crippen LogP contribution in [0, 0.1) is 166 Å². The van der Waals surface area contributed by atoms with Gasteiger partial charge in [-0.2, -0.15) is 13.7 Å². The molecule has 0 aliphatic heterocycles. The van der Waals surface area contributed by atoms with Crippen LogP contribution in [0.25, 0.3) is 78.8 Å². The number of aryl methyl sites for hydroxylation is 17. The highest BCUT2D eigenvalue weighted by molar-refractivity contribution is 5.69. The van der Waals surface area contributed by atoms with Gasteiger partial charge in [-0.05, 0) is 301 Å². The molecule has 0 aliphatic carbocycles. The number of hydrogen-bond acceptors (Lipinski definition) is 0. The molecule has 0 fully saturated rings. The smallest absolute Gasteiger partial charge is 0.201 e. The summed E-state index contributed by atoms with van der Waals surface area (Å²) >= 11 is 0. The summed E-state index contributed by atoms with van der Waals surface area (Å²) in [5.74, 6) is 0. The largest absolute Gasteiger partial charge is 0.215 e. The molecular formula is C108H132N7+7. The predicted octanol–water partition coefficient (Wildman–Crippen LogP) is 22.6. The minimum atomic E-state index is -2.51. The fourth-order valence-corrected chi connectivity index (χ4v) is 14.5. The van der Waals surface area contributed by atoms with E-state index in [1.807, 2.05) is 118 Å². The number of nitrogens with zero attached hydrogens (tertiary/aromatic N) is 7. The summed E-state index contributed by atoms with van der Waals surface area (Å²) in [5.41, 5.74) is 38.5. The maximum absolute atomic E-state index is 7.81. The second kappa shape index (κ2) is 40.1. The molecule has 0 amide bonds. The number of rotatable bonds is 7. The Balaban J connectivity index is 0.000000188. The first-order valence-electron chi connectivity index (χ1n) is 46.9. The van der Waals surface area contributed by atoms with E-state index in [9.17, 15) is 0 Å². The van der Waals surface area contributed by atoms with Crippen LogP contribution in [0.3, 0.4) is 0 Å². The van der Waals surface area contributed by atoms with E-state index < -0.39 is 34.3 Å². The highest BCUT2D eigenvalue weighted by Crippen LogP contribution is 2.31. The van der Waals surface area contributed by atoms with Gasteiger partial charge in [0.15, 0.2) is 41.9 Å². The summed E-state index contributed by atoms with van der Waals surface area (Å²) in [6.45, 7) is 27.5. The molecule has 0 unspecified atom stereocenters. The van der Waals surface area contributed by atoms with Gasteiger partial charge in [-0.15, -0.1) is 0 Å². The van der Waals surface area contributed by atoms with E-state index in [0.29, 0.717) is 16.8 Å². The summed E-state index contributed by atoms with van der Waals surface area (Å²) in [5, 5.41) is 0. The molecular weight excluding hydrogens is 1400 g/mol. The van der Waals surface area contributed by atoms with Crippen molar-refractivity contribution in [3.8, 4) is 78.8 Å². The summed E-state index contributed by atoms with van der Waals surface area (Å²) in [7, 11) is 13.6. The number of benzene rings is 7. The SMILES string of the molecule is Cc1cc(C)c(C)c(-c2cccc[n+]2C)c1.Cc1cc(C)c(C)c(-c2cccc[n+]2C)c1.Cc1ccc(-c2cccc[n+]2C)c(C)c1C.Cc1ccccc1-c1cc(C)c(C)c(C)[n+]1C.[2H]C([2H])([2H])c1c(C)cc(-c2ccccc2C)[n+](C)c1C([2H])([2H])[2H].[2H]C([2H])([2H])c1cc(C)c(-c2ccccc2C)[n+](C)c1C([2H])([2H])[2H].[2H]C([2H])([2H])c1ccc(-c2cccc[n+]2C)c(C)c1C. The second-order valence-corrected chi connectivity index (χ2v) is 30.8. The van der Waals surface area contributed by atoms with Gasteiger partial charge in [0, 0.05) is 163 Å². The van der Waals surface area contributed by atoms with Gasteiger partial charge < -0.3 is 0 Å². The van der Waals surface area contributed by atoms with E-state index in [-0.39, 0.29) is 22.5 Å². The quantitative estimate of drug-likeness (QED) is 0.142. The zero-order valence-electron chi connectivity index (χ0n) is 88.1.